The van der Waals surface area contributed by atoms with Crippen LogP contribution in [0.15, 0.2) is 72.9 Å². The Morgan fingerprint density at radius 3 is 2.25 bits per heavy atom. The Morgan fingerprint density at radius 2 is 1.69 bits per heavy atom. The normalized spacial score (nSPS) is 22.1. The molecular weight excluding hydrogens is 450 g/mol. The highest BCUT2D eigenvalue weighted by atomic mass is 16.6. The molecule has 2 aromatic carbocycles. The quantitative estimate of drug-likeness (QED) is 0.451. The van der Waals surface area contributed by atoms with Crippen molar-refractivity contribution in [2.45, 2.75) is 69.2 Å². The number of nitrogens with two attached hydrogens (primary N) is 1. The third-order valence-electron chi connectivity index (χ3n) is 7.55. The summed E-state index contributed by atoms with van der Waals surface area (Å²) in [5.41, 5.74) is 9.22. The molecule has 188 valence electrons. The van der Waals surface area contributed by atoms with E-state index in [0.29, 0.717) is 19.4 Å². The van der Waals surface area contributed by atoms with E-state index in [4.69, 9.17) is 10.5 Å². The average molecular weight is 486 g/mol. The summed E-state index contributed by atoms with van der Waals surface area (Å²) >= 11 is 0. The fraction of sp³-hybridized carbons (Fsp3) is 0.400. The fourth-order valence-electron chi connectivity index (χ4n) is 5.28. The highest BCUT2D eigenvalue weighted by Crippen LogP contribution is 2.43. The molecule has 2 heterocycles. The van der Waals surface area contributed by atoms with Gasteiger partial charge in [-0.25, -0.2) is 4.79 Å². The number of amides is 1. The van der Waals surface area contributed by atoms with Crippen LogP contribution in [0.5, 0.6) is 0 Å². The van der Waals surface area contributed by atoms with Gasteiger partial charge in [-0.15, -0.1) is 0 Å². The lowest BCUT2D eigenvalue weighted by molar-refractivity contribution is -0.101. The van der Waals surface area contributed by atoms with Gasteiger partial charge in [0.1, 0.15) is 5.60 Å². The van der Waals surface area contributed by atoms with Gasteiger partial charge in [-0.2, -0.15) is 0 Å². The van der Waals surface area contributed by atoms with E-state index >= 15 is 0 Å². The number of carbonyl (C=O) groups excluding carboxylic acids is 1. The van der Waals surface area contributed by atoms with E-state index in [1.807, 2.05) is 49.5 Å². The van der Waals surface area contributed by atoms with E-state index in [0.717, 1.165) is 40.8 Å². The van der Waals surface area contributed by atoms with Gasteiger partial charge in [-0.3, -0.25) is 4.98 Å². The summed E-state index contributed by atoms with van der Waals surface area (Å²) < 4.78 is 6.14. The predicted molar refractivity (Wildman–Crippen MR) is 140 cm³/mol. The van der Waals surface area contributed by atoms with Crippen molar-refractivity contribution < 1.29 is 14.6 Å². The molecule has 6 nitrogen and oxygen atoms in total. The molecule has 0 bridgehead atoms. The first-order valence-corrected chi connectivity index (χ1v) is 12.7. The van der Waals surface area contributed by atoms with Crippen molar-refractivity contribution in [3.8, 4) is 11.1 Å². The lowest BCUT2D eigenvalue weighted by Crippen LogP contribution is -2.51. The molecule has 2 fully saturated rings. The van der Waals surface area contributed by atoms with Crippen molar-refractivity contribution in [2.24, 2.45) is 5.73 Å². The molecule has 36 heavy (non-hydrogen) atoms. The number of carbonyl (C=O) groups is 1. The fourth-order valence-corrected chi connectivity index (χ4v) is 5.28. The lowest BCUT2D eigenvalue weighted by Gasteiger charge is -2.45. The van der Waals surface area contributed by atoms with Gasteiger partial charge in [0.2, 0.25) is 0 Å². The molecule has 3 N–H and O–H groups in total. The number of rotatable bonds is 7. The van der Waals surface area contributed by atoms with Crippen LogP contribution in [0.4, 0.5) is 4.79 Å². The molecule has 0 radical (unpaired) electrons. The summed E-state index contributed by atoms with van der Waals surface area (Å²) in [5, 5.41) is 10.6. The molecule has 2 atom stereocenters. The summed E-state index contributed by atoms with van der Waals surface area (Å²) in [7, 11) is 0. The minimum atomic E-state index is -0.976. The van der Waals surface area contributed by atoms with Crippen LogP contribution in [0.2, 0.25) is 0 Å². The smallest absolute Gasteiger partial charge is 0.411 e. The number of benzene rings is 2. The summed E-state index contributed by atoms with van der Waals surface area (Å²) in [6.45, 7) is 6.07. The van der Waals surface area contributed by atoms with Crippen LogP contribution in [-0.4, -0.2) is 33.2 Å². The van der Waals surface area contributed by atoms with Crippen molar-refractivity contribution in [1.82, 2.24) is 9.88 Å². The predicted octanol–water partition coefficient (Wildman–Crippen LogP) is 5.66. The maximum atomic E-state index is 13.3. The molecule has 1 saturated carbocycles. The molecule has 0 unspecified atom stereocenters. The van der Waals surface area contributed by atoms with Crippen LogP contribution in [0.1, 0.15) is 69.3 Å². The van der Waals surface area contributed by atoms with Gasteiger partial charge in [0, 0.05) is 31.1 Å². The van der Waals surface area contributed by atoms with E-state index in [2.05, 4.69) is 35.3 Å². The molecular formula is C30H35N3O3. The zero-order valence-electron chi connectivity index (χ0n) is 21.3. The van der Waals surface area contributed by atoms with Crippen LogP contribution in [0.3, 0.4) is 0 Å². The highest BCUT2D eigenvalue weighted by Gasteiger charge is 2.46. The molecule has 1 amide bonds. The number of cyclic esters (lactones) is 1. The number of hydrogen-bond donors (Lipinski definition) is 2. The average Bonchev–Trinajstić information content (AvgIpc) is 3.62. The number of aliphatic hydroxyl groups is 1. The maximum absolute atomic E-state index is 13.3. The van der Waals surface area contributed by atoms with Gasteiger partial charge < -0.3 is 20.5 Å². The van der Waals surface area contributed by atoms with Crippen LogP contribution >= 0.6 is 0 Å². The van der Waals surface area contributed by atoms with E-state index < -0.39 is 11.2 Å². The molecule has 1 saturated heterocycles. The van der Waals surface area contributed by atoms with Gasteiger partial charge in [-0.05, 0) is 56.4 Å². The molecule has 0 spiro atoms. The monoisotopic (exact) mass is 485 g/mol. The van der Waals surface area contributed by atoms with Gasteiger partial charge in [-0.1, -0.05) is 60.7 Å². The van der Waals surface area contributed by atoms with Gasteiger partial charge in [0.05, 0.1) is 22.9 Å². The highest BCUT2D eigenvalue weighted by molar-refractivity contribution is 5.70. The van der Waals surface area contributed by atoms with E-state index in [9.17, 15) is 9.90 Å². The number of nitrogens with zero attached hydrogens (tertiary/aromatic N) is 2. The molecule has 3 aromatic rings. The van der Waals surface area contributed by atoms with Crippen LogP contribution < -0.4 is 5.73 Å². The molecule has 1 aromatic heterocycles. The standard InChI is InChI=1S/C30H35N3O3/c1-21(22-9-11-23(12-10-22)24-13-14-26(32-19-24)29(31)15-16-29)33-18-17-30(36-27(33)34,20-28(2,3)35)25-7-5-4-6-8-25/h4-14,19,21,35H,15-18,20,31H2,1-3H3/t21-,30-/m0/s1. The zero-order valence-corrected chi connectivity index (χ0v) is 21.3. The minimum absolute atomic E-state index is 0.144. The number of aromatic nitrogens is 1. The molecule has 2 aliphatic rings. The second-order valence-electron chi connectivity index (χ2n) is 11.0. The lowest BCUT2D eigenvalue weighted by atomic mass is 9.80. The first-order valence-electron chi connectivity index (χ1n) is 12.7. The second kappa shape index (κ2) is 9.02. The Morgan fingerprint density at radius 1 is 1.03 bits per heavy atom. The number of pyridine rings is 1. The number of hydrogen-bond acceptors (Lipinski definition) is 5. The maximum Gasteiger partial charge on any atom is 0.411 e. The van der Waals surface area contributed by atoms with Crippen LogP contribution in [0.25, 0.3) is 11.1 Å². The molecule has 6 heteroatoms. The van der Waals surface area contributed by atoms with Crippen molar-refractivity contribution in [1.29, 1.82) is 0 Å². The first kappa shape index (κ1) is 24.5. The van der Waals surface area contributed by atoms with Gasteiger partial charge >= 0.3 is 6.09 Å². The third-order valence-corrected chi connectivity index (χ3v) is 7.55. The van der Waals surface area contributed by atoms with Crippen molar-refractivity contribution >= 4 is 6.09 Å². The summed E-state index contributed by atoms with van der Waals surface area (Å²) in [5.74, 6) is 0. The zero-order chi connectivity index (χ0) is 25.6. The first-order chi connectivity index (χ1) is 17.1. The van der Waals surface area contributed by atoms with E-state index in [1.54, 1.807) is 18.7 Å². The van der Waals surface area contributed by atoms with Crippen molar-refractivity contribution in [3.63, 3.8) is 0 Å². The Bertz CT molecular complexity index is 1220. The SMILES string of the molecule is C[C@@H](c1ccc(-c2ccc(C3(N)CC3)nc2)cc1)N1CC[C@](CC(C)(C)O)(c2ccccc2)OC1=O. The van der Waals surface area contributed by atoms with Crippen LogP contribution in [-0.2, 0) is 15.9 Å². The summed E-state index contributed by atoms with van der Waals surface area (Å²) in [4.78, 5) is 19.6. The van der Waals surface area contributed by atoms with E-state index in [1.165, 1.54) is 0 Å². The van der Waals surface area contributed by atoms with Crippen molar-refractivity contribution in [2.75, 3.05) is 6.54 Å². The Hall–Kier alpha value is -3.22. The topological polar surface area (TPSA) is 88.7 Å². The largest absolute Gasteiger partial charge is 0.438 e. The second-order valence-corrected chi connectivity index (χ2v) is 11.0. The minimum Gasteiger partial charge on any atom is -0.438 e. The molecule has 5 rings (SSSR count). The summed E-state index contributed by atoms with van der Waals surface area (Å²) in [6, 6.07) is 22.0. The van der Waals surface area contributed by atoms with Crippen molar-refractivity contribution in [3.05, 3.63) is 89.7 Å². The Labute approximate surface area is 213 Å². The molecule has 1 aliphatic carbocycles. The van der Waals surface area contributed by atoms with E-state index in [-0.39, 0.29) is 17.7 Å². The summed E-state index contributed by atoms with van der Waals surface area (Å²) in [6.07, 6.45) is 4.46. The Balaban J connectivity index is 1.31. The Kier molecular flexibility index (Phi) is 6.13. The van der Waals surface area contributed by atoms with Gasteiger partial charge in [0.15, 0.2) is 0 Å². The third kappa shape index (κ3) is 4.88. The number of ether oxygens (including phenoxy) is 1. The molecule has 1 aliphatic heterocycles. The van der Waals surface area contributed by atoms with Crippen LogP contribution in [0, 0.1) is 0 Å². The van der Waals surface area contributed by atoms with Gasteiger partial charge in [0.25, 0.3) is 0 Å².